The standard InChI is InChI=1S/C24H18FIN2O3S/c1-30-18-9-7-17(8-10-18)27-24-28-23(29)22(32-24)13-15-6-11-21(20(26)12-15)31-14-16-4-2-3-5-19(16)25/h2-13H,14H2,1H3,(H,27,28,29)/b22-13+. The largest absolute Gasteiger partial charge is 0.497 e. The summed E-state index contributed by atoms with van der Waals surface area (Å²) in [5, 5.41) is 3.30. The van der Waals surface area contributed by atoms with Gasteiger partial charge in [-0.25, -0.2) is 9.38 Å². The first-order valence-corrected chi connectivity index (χ1v) is 11.5. The van der Waals surface area contributed by atoms with Crippen molar-refractivity contribution in [3.05, 3.63) is 92.1 Å². The maximum absolute atomic E-state index is 13.8. The average Bonchev–Trinajstić information content (AvgIpc) is 3.13. The molecule has 1 aliphatic heterocycles. The molecule has 0 bridgehead atoms. The molecule has 3 aromatic carbocycles. The highest BCUT2D eigenvalue weighted by Crippen LogP contribution is 2.30. The number of aliphatic imine (C=N–C) groups is 1. The fourth-order valence-corrected chi connectivity index (χ4v) is 4.44. The molecule has 0 radical (unpaired) electrons. The Hall–Kier alpha value is -2.85. The van der Waals surface area contributed by atoms with Gasteiger partial charge in [0.15, 0.2) is 5.17 Å². The van der Waals surface area contributed by atoms with Crippen molar-refractivity contribution in [3.63, 3.8) is 0 Å². The van der Waals surface area contributed by atoms with Crippen LogP contribution < -0.4 is 14.8 Å². The van der Waals surface area contributed by atoms with E-state index in [2.05, 4.69) is 32.9 Å². The van der Waals surface area contributed by atoms with Gasteiger partial charge in [0.2, 0.25) is 0 Å². The zero-order valence-corrected chi connectivity index (χ0v) is 19.9. The summed E-state index contributed by atoms with van der Waals surface area (Å²) in [5.41, 5.74) is 2.08. The summed E-state index contributed by atoms with van der Waals surface area (Å²) in [6, 6.07) is 19.4. The Bertz CT molecular complexity index is 1210. The lowest BCUT2D eigenvalue weighted by molar-refractivity contribution is -0.115. The van der Waals surface area contributed by atoms with Gasteiger partial charge in [-0.15, -0.1) is 0 Å². The Labute approximate surface area is 202 Å². The van der Waals surface area contributed by atoms with Crippen LogP contribution in [0.5, 0.6) is 11.5 Å². The number of amides is 1. The number of halogens is 2. The van der Waals surface area contributed by atoms with E-state index in [4.69, 9.17) is 9.47 Å². The summed E-state index contributed by atoms with van der Waals surface area (Å²) in [4.78, 5) is 17.4. The van der Waals surface area contributed by atoms with Crippen LogP contribution in [-0.4, -0.2) is 18.2 Å². The number of ether oxygens (including phenoxy) is 2. The molecule has 1 fully saturated rings. The van der Waals surface area contributed by atoms with E-state index in [9.17, 15) is 9.18 Å². The quantitative estimate of drug-likeness (QED) is 0.301. The SMILES string of the molecule is COc1ccc(N=C2NC(=O)/C(=C\c3ccc(OCc4ccccc4F)c(I)c3)S2)cc1. The first kappa shape index (κ1) is 22.3. The molecule has 0 aromatic heterocycles. The minimum absolute atomic E-state index is 0.145. The Morgan fingerprint density at radius 2 is 1.91 bits per heavy atom. The van der Waals surface area contributed by atoms with E-state index in [1.54, 1.807) is 31.4 Å². The number of carbonyl (C=O) groups is 1. The van der Waals surface area contributed by atoms with Crippen molar-refractivity contribution in [2.45, 2.75) is 6.61 Å². The van der Waals surface area contributed by atoms with Crippen LogP contribution >= 0.6 is 34.4 Å². The smallest absolute Gasteiger partial charge is 0.264 e. The Morgan fingerprint density at radius 3 is 2.62 bits per heavy atom. The first-order chi connectivity index (χ1) is 15.5. The Morgan fingerprint density at radius 1 is 1.12 bits per heavy atom. The monoisotopic (exact) mass is 560 g/mol. The number of hydrogen-bond donors (Lipinski definition) is 1. The van der Waals surface area contributed by atoms with Crippen LogP contribution in [0.25, 0.3) is 6.08 Å². The van der Waals surface area contributed by atoms with Gasteiger partial charge in [-0.05, 0) is 88.5 Å². The molecule has 8 heteroatoms. The normalized spacial score (nSPS) is 15.8. The lowest BCUT2D eigenvalue weighted by atomic mass is 10.2. The highest BCUT2D eigenvalue weighted by Gasteiger charge is 2.24. The third kappa shape index (κ3) is 5.49. The van der Waals surface area contributed by atoms with Crippen molar-refractivity contribution in [2.24, 2.45) is 4.99 Å². The summed E-state index contributed by atoms with van der Waals surface area (Å²) in [5.74, 6) is 0.909. The minimum Gasteiger partial charge on any atom is -0.497 e. The fraction of sp³-hybridized carbons (Fsp3) is 0.0833. The third-order valence-electron chi connectivity index (χ3n) is 4.55. The van der Waals surface area contributed by atoms with Gasteiger partial charge in [-0.3, -0.25) is 4.79 Å². The van der Waals surface area contributed by atoms with Crippen LogP contribution in [0.2, 0.25) is 0 Å². The zero-order chi connectivity index (χ0) is 22.5. The van der Waals surface area contributed by atoms with Crippen molar-refractivity contribution in [1.29, 1.82) is 0 Å². The number of hydrogen-bond acceptors (Lipinski definition) is 5. The summed E-state index contributed by atoms with van der Waals surface area (Å²) >= 11 is 3.45. The van der Waals surface area contributed by atoms with Gasteiger partial charge in [0.25, 0.3) is 5.91 Å². The molecule has 1 saturated heterocycles. The number of carbonyl (C=O) groups excluding carboxylic acids is 1. The predicted octanol–water partition coefficient (Wildman–Crippen LogP) is 5.91. The molecule has 1 aliphatic rings. The number of amidine groups is 1. The van der Waals surface area contributed by atoms with Crippen molar-refractivity contribution < 1.29 is 18.7 Å². The highest BCUT2D eigenvalue weighted by atomic mass is 127. The molecular formula is C24H18FIN2O3S. The van der Waals surface area contributed by atoms with E-state index < -0.39 is 0 Å². The van der Waals surface area contributed by atoms with Gasteiger partial charge in [-0.2, -0.15) is 0 Å². The number of nitrogens with one attached hydrogen (secondary N) is 1. The van der Waals surface area contributed by atoms with Gasteiger partial charge >= 0.3 is 0 Å². The van der Waals surface area contributed by atoms with Crippen LogP contribution in [0.4, 0.5) is 10.1 Å². The van der Waals surface area contributed by atoms with E-state index in [-0.39, 0.29) is 18.3 Å². The maximum atomic E-state index is 13.8. The maximum Gasteiger partial charge on any atom is 0.264 e. The zero-order valence-electron chi connectivity index (χ0n) is 17.0. The summed E-state index contributed by atoms with van der Waals surface area (Å²) < 4.78 is 25.6. The van der Waals surface area contributed by atoms with Crippen LogP contribution in [-0.2, 0) is 11.4 Å². The van der Waals surface area contributed by atoms with Crippen LogP contribution in [0.1, 0.15) is 11.1 Å². The molecule has 4 rings (SSSR count). The molecule has 1 N–H and O–H groups in total. The third-order valence-corrected chi connectivity index (χ3v) is 6.30. The molecule has 0 saturated carbocycles. The van der Waals surface area contributed by atoms with E-state index >= 15 is 0 Å². The lowest BCUT2D eigenvalue weighted by Crippen LogP contribution is -2.19. The van der Waals surface area contributed by atoms with Crippen LogP contribution in [0, 0.1) is 9.39 Å². The van der Waals surface area contributed by atoms with Gasteiger partial charge in [0, 0.05) is 5.56 Å². The van der Waals surface area contributed by atoms with Crippen molar-refractivity contribution >= 4 is 57.2 Å². The van der Waals surface area contributed by atoms with Gasteiger partial charge in [0.05, 0.1) is 21.3 Å². The Kier molecular flexibility index (Phi) is 7.11. The second-order valence-corrected chi connectivity index (χ2v) is 8.94. The van der Waals surface area contributed by atoms with Gasteiger partial charge in [0.1, 0.15) is 23.9 Å². The molecule has 1 heterocycles. The van der Waals surface area contributed by atoms with Crippen LogP contribution in [0.3, 0.4) is 0 Å². The first-order valence-electron chi connectivity index (χ1n) is 9.61. The van der Waals surface area contributed by atoms with Crippen molar-refractivity contribution in [1.82, 2.24) is 5.32 Å². The lowest BCUT2D eigenvalue weighted by Gasteiger charge is -2.09. The number of methoxy groups -OCH3 is 1. The Balaban J connectivity index is 1.45. The highest BCUT2D eigenvalue weighted by molar-refractivity contribution is 14.1. The molecule has 0 spiro atoms. The second-order valence-electron chi connectivity index (χ2n) is 6.75. The summed E-state index contributed by atoms with van der Waals surface area (Å²) in [6.45, 7) is 0.145. The fourth-order valence-electron chi connectivity index (χ4n) is 2.90. The topological polar surface area (TPSA) is 59.9 Å². The number of thioether (sulfide) groups is 1. The van der Waals surface area contributed by atoms with Gasteiger partial charge < -0.3 is 14.8 Å². The van der Waals surface area contributed by atoms with Crippen molar-refractivity contribution in [3.8, 4) is 11.5 Å². The van der Waals surface area contributed by atoms with E-state index in [0.29, 0.717) is 21.4 Å². The number of rotatable bonds is 6. The van der Waals surface area contributed by atoms with Crippen molar-refractivity contribution in [2.75, 3.05) is 7.11 Å². The van der Waals surface area contributed by atoms with E-state index in [1.807, 2.05) is 42.5 Å². The number of nitrogens with zero attached hydrogens (tertiary/aromatic N) is 1. The molecule has 5 nitrogen and oxygen atoms in total. The molecular weight excluding hydrogens is 542 g/mol. The predicted molar refractivity (Wildman–Crippen MR) is 134 cm³/mol. The second kappa shape index (κ2) is 10.2. The molecule has 0 atom stereocenters. The molecule has 0 unspecified atom stereocenters. The number of benzene rings is 3. The minimum atomic E-state index is -0.291. The molecule has 3 aromatic rings. The van der Waals surface area contributed by atoms with Crippen LogP contribution in [0.15, 0.2) is 76.6 Å². The average molecular weight is 560 g/mol. The van der Waals surface area contributed by atoms with Gasteiger partial charge in [-0.1, -0.05) is 24.3 Å². The molecule has 0 aliphatic carbocycles. The van der Waals surface area contributed by atoms with E-state index in [0.717, 1.165) is 20.6 Å². The summed E-state index contributed by atoms with van der Waals surface area (Å²) in [7, 11) is 1.61. The molecule has 32 heavy (non-hydrogen) atoms. The van der Waals surface area contributed by atoms with E-state index in [1.165, 1.54) is 17.8 Å². The molecule has 1 amide bonds. The molecule has 162 valence electrons. The summed E-state index contributed by atoms with van der Waals surface area (Å²) in [6.07, 6.45) is 1.80.